The minimum absolute atomic E-state index is 0.171. The number of carbonyl (C=O) groups is 1. The van der Waals surface area contributed by atoms with Crippen molar-refractivity contribution >= 4 is 17.5 Å². The third kappa shape index (κ3) is 5.32. The van der Waals surface area contributed by atoms with E-state index in [2.05, 4.69) is 20.9 Å². The summed E-state index contributed by atoms with van der Waals surface area (Å²) in [6, 6.07) is 9.27. The molecule has 0 N–H and O–H groups in total. The lowest BCUT2D eigenvalue weighted by molar-refractivity contribution is -0.134. The lowest BCUT2D eigenvalue weighted by atomic mass is 10.2. The summed E-state index contributed by atoms with van der Waals surface area (Å²) in [4.78, 5) is 23.4. The highest BCUT2D eigenvalue weighted by molar-refractivity contribution is 6.31. The fourth-order valence-corrected chi connectivity index (χ4v) is 4.04. The van der Waals surface area contributed by atoms with Gasteiger partial charge in [-0.2, -0.15) is 0 Å². The van der Waals surface area contributed by atoms with Crippen LogP contribution in [0.4, 0.5) is 4.39 Å². The molecule has 29 heavy (non-hydrogen) atoms. The predicted octanol–water partition coefficient (Wildman–Crippen LogP) is 3.18. The summed E-state index contributed by atoms with van der Waals surface area (Å²) in [5, 5.41) is 0.457. The van der Waals surface area contributed by atoms with Crippen LogP contribution in [0.3, 0.4) is 0 Å². The van der Waals surface area contributed by atoms with Crippen molar-refractivity contribution in [3.05, 3.63) is 64.7 Å². The number of rotatable bonds is 7. The quantitative estimate of drug-likeness (QED) is 0.695. The number of hydrogen-bond acceptors (Lipinski definition) is 4. The Hall–Kier alpha value is -2.02. The first-order valence-corrected chi connectivity index (χ1v) is 10.5. The molecule has 0 unspecified atom stereocenters. The first-order chi connectivity index (χ1) is 14.1. The molecule has 0 spiro atoms. The minimum Gasteiger partial charge on any atom is -0.339 e. The maximum atomic E-state index is 14.0. The molecule has 1 aromatic heterocycles. The summed E-state index contributed by atoms with van der Waals surface area (Å²) >= 11 is 6.15. The van der Waals surface area contributed by atoms with Gasteiger partial charge in [0.2, 0.25) is 5.91 Å². The van der Waals surface area contributed by atoms with Crippen LogP contribution in [0.2, 0.25) is 5.02 Å². The third-order valence-electron chi connectivity index (χ3n) is 5.68. The molecule has 2 fully saturated rings. The Labute approximate surface area is 176 Å². The highest BCUT2D eigenvalue weighted by Gasteiger charge is 2.32. The molecule has 0 bridgehead atoms. The average Bonchev–Trinajstić information content (AvgIpc) is 3.57. The van der Waals surface area contributed by atoms with Gasteiger partial charge in [-0.05, 0) is 36.6 Å². The Balaban J connectivity index is 1.29. The molecule has 2 aromatic rings. The molecule has 5 nitrogen and oxygen atoms in total. The lowest BCUT2D eigenvalue weighted by Crippen LogP contribution is -2.51. The molecular formula is C22H26ClFN4O. The topological polar surface area (TPSA) is 39.7 Å². The number of hydrogen-bond donors (Lipinski definition) is 0. The summed E-state index contributed by atoms with van der Waals surface area (Å²) in [5.74, 6) is -0.101. The van der Waals surface area contributed by atoms with Gasteiger partial charge < -0.3 is 4.90 Å². The van der Waals surface area contributed by atoms with E-state index in [9.17, 15) is 9.18 Å². The molecule has 7 heteroatoms. The number of aromatic nitrogens is 1. The van der Waals surface area contributed by atoms with Crippen molar-refractivity contribution in [3.8, 4) is 0 Å². The number of nitrogens with zero attached hydrogens (tertiary/aromatic N) is 4. The Kier molecular flexibility index (Phi) is 6.43. The summed E-state index contributed by atoms with van der Waals surface area (Å²) in [6.07, 6.45) is 5.95. The Morgan fingerprint density at radius 2 is 1.97 bits per heavy atom. The second-order valence-electron chi connectivity index (χ2n) is 7.85. The SMILES string of the molecule is O=C(CN(Cc1cccnc1)C1CC1)N1CCN(Cc2c(F)cccc2Cl)CC1. The average molecular weight is 417 g/mol. The van der Waals surface area contributed by atoms with E-state index in [4.69, 9.17) is 11.6 Å². The van der Waals surface area contributed by atoms with E-state index in [1.54, 1.807) is 18.3 Å². The molecule has 0 radical (unpaired) electrons. The molecule has 1 aliphatic carbocycles. The molecule has 4 rings (SSSR count). The van der Waals surface area contributed by atoms with Gasteiger partial charge in [-0.3, -0.25) is 19.6 Å². The summed E-state index contributed by atoms with van der Waals surface area (Å²) in [5.41, 5.74) is 1.67. The van der Waals surface area contributed by atoms with Gasteiger partial charge in [0, 0.05) is 68.3 Å². The van der Waals surface area contributed by atoms with Crippen LogP contribution in [0.15, 0.2) is 42.7 Å². The van der Waals surface area contributed by atoms with E-state index >= 15 is 0 Å². The van der Waals surface area contributed by atoms with E-state index in [1.807, 2.05) is 17.2 Å². The maximum Gasteiger partial charge on any atom is 0.236 e. The molecule has 1 saturated carbocycles. The summed E-state index contributed by atoms with van der Waals surface area (Å²) < 4.78 is 14.0. The third-order valence-corrected chi connectivity index (χ3v) is 6.03. The molecule has 2 aliphatic rings. The Morgan fingerprint density at radius 3 is 2.62 bits per heavy atom. The Bertz CT molecular complexity index is 818. The largest absolute Gasteiger partial charge is 0.339 e. The van der Waals surface area contributed by atoms with Gasteiger partial charge in [0.25, 0.3) is 0 Å². The number of benzene rings is 1. The van der Waals surface area contributed by atoms with Crippen molar-refractivity contribution in [2.24, 2.45) is 0 Å². The number of carbonyl (C=O) groups excluding carboxylic acids is 1. The van der Waals surface area contributed by atoms with Gasteiger partial charge in [-0.25, -0.2) is 4.39 Å². The van der Waals surface area contributed by atoms with Crippen LogP contribution in [-0.2, 0) is 17.9 Å². The zero-order valence-corrected chi connectivity index (χ0v) is 17.2. The number of piperazine rings is 1. The van der Waals surface area contributed by atoms with E-state index in [-0.39, 0.29) is 11.7 Å². The van der Waals surface area contributed by atoms with Crippen LogP contribution < -0.4 is 0 Å². The van der Waals surface area contributed by atoms with Gasteiger partial charge in [-0.15, -0.1) is 0 Å². The van der Waals surface area contributed by atoms with Crippen LogP contribution in [0.25, 0.3) is 0 Å². The van der Waals surface area contributed by atoms with Crippen molar-refractivity contribution in [2.75, 3.05) is 32.7 Å². The molecule has 2 heterocycles. The standard InChI is InChI=1S/C22H26ClFN4O/c23-20-4-1-5-21(24)19(20)15-26-9-11-27(12-10-26)22(29)16-28(18-6-7-18)14-17-3-2-8-25-13-17/h1-5,8,13,18H,6-7,9-12,14-16H2. The van der Waals surface area contributed by atoms with E-state index in [1.165, 1.54) is 6.07 Å². The Morgan fingerprint density at radius 1 is 1.17 bits per heavy atom. The second-order valence-corrected chi connectivity index (χ2v) is 8.26. The van der Waals surface area contributed by atoms with Crippen molar-refractivity contribution < 1.29 is 9.18 Å². The van der Waals surface area contributed by atoms with E-state index in [0.717, 1.165) is 38.0 Å². The molecule has 1 aliphatic heterocycles. The fraction of sp³-hybridized carbons (Fsp3) is 0.455. The van der Waals surface area contributed by atoms with Crippen LogP contribution in [-0.4, -0.2) is 64.4 Å². The van der Waals surface area contributed by atoms with Crippen LogP contribution in [0, 0.1) is 5.82 Å². The normalized spacial score (nSPS) is 17.7. The van der Waals surface area contributed by atoms with Crippen molar-refractivity contribution in [1.82, 2.24) is 19.7 Å². The first kappa shape index (κ1) is 20.3. The zero-order valence-electron chi connectivity index (χ0n) is 16.4. The molecule has 1 amide bonds. The number of amides is 1. The van der Waals surface area contributed by atoms with Crippen molar-refractivity contribution in [3.63, 3.8) is 0 Å². The summed E-state index contributed by atoms with van der Waals surface area (Å²) in [6.45, 7) is 4.45. The zero-order chi connectivity index (χ0) is 20.2. The molecule has 154 valence electrons. The van der Waals surface area contributed by atoms with E-state index in [0.29, 0.717) is 42.8 Å². The molecular weight excluding hydrogens is 391 g/mol. The minimum atomic E-state index is -0.272. The highest BCUT2D eigenvalue weighted by atomic mass is 35.5. The van der Waals surface area contributed by atoms with Gasteiger partial charge >= 0.3 is 0 Å². The molecule has 0 atom stereocenters. The first-order valence-electron chi connectivity index (χ1n) is 10.2. The number of halogens is 2. The summed E-state index contributed by atoms with van der Waals surface area (Å²) in [7, 11) is 0. The van der Waals surface area contributed by atoms with Crippen molar-refractivity contribution in [1.29, 1.82) is 0 Å². The maximum absolute atomic E-state index is 14.0. The van der Waals surface area contributed by atoms with Crippen LogP contribution >= 0.6 is 11.6 Å². The van der Waals surface area contributed by atoms with E-state index < -0.39 is 0 Å². The fourth-order valence-electron chi connectivity index (χ4n) is 3.82. The van der Waals surface area contributed by atoms with Gasteiger partial charge in [0.1, 0.15) is 5.82 Å². The van der Waals surface area contributed by atoms with Gasteiger partial charge in [0.05, 0.1) is 6.54 Å². The second kappa shape index (κ2) is 9.20. The monoisotopic (exact) mass is 416 g/mol. The highest BCUT2D eigenvalue weighted by Crippen LogP contribution is 2.28. The smallest absolute Gasteiger partial charge is 0.236 e. The molecule has 1 saturated heterocycles. The number of pyridine rings is 1. The van der Waals surface area contributed by atoms with Gasteiger partial charge in [0.15, 0.2) is 0 Å². The van der Waals surface area contributed by atoms with Crippen LogP contribution in [0.5, 0.6) is 0 Å². The van der Waals surface area contributed by atoms with Crippen LogP contribution in [0.1, 0.15) is 24.0 Å². The molecule has 1 aromatic carbocycles. The predicted molar refractivity (Wildman–Crippen MR) is 111 cm³/mol. The lowest BCUT2D eigenvalue weighted by Gasteiger charge is -2.36. The van der Waals surface area contributed by atoms with Gasteiger partial charge in [-0.1, -0.05) is 23.7 Å². The van der Waals surface area contributed by atoms with Crippen molar-refractivity contribution in [2.45, 2.75) is 32.0 Å².